The van der Waals surface area contributed by atoms with E-state index in [9.17, 15) is 35.1 Å². The summed E-state index contributed by atoms with van der Waals surface area (Å²) in [7, 11) is 1.25. The van der Waals surface area contributed by atoms with E-state index in [-0.39, 0.29) is 17.1 Å². The summed E-state index contributed by atoms with van der Waals surface area (Å²) in [6, 6.07) is 16.7. The smallest absolute Gasteiger partial charge is 0.337 e. The van der Waals surface area contributed by atoms with Crippen molar-refractivity contribution >= 4 is 35.0 Å². The van der Waals surface area contributed by atoms with Crippen LogP contribution in [0, 0.1) is 31.6 Å². The first-order chi connectivity index (χ1) is 17.2. The molecule has 0 unspecified atom stereocenters. The van der Waals surface area contributed by atoms with Crippen molar-refractivity contribution in [3.05, 3.63) is 104 Å². The molecule has 3 aromatic rings. The van der Waals surface area contributed by atoms with Gasteiger partial charge in [-0.15, -0.1) is 0 Å². The summed E-state index contributed by atoms with van der Waals surface area (Å²) < 4.78 is 10.1. The van der Waals surface area contributed by atoms with Crippen LogP contribution in [-0.4, -0.2) is 28.8 Å². The van der Waals surface area contributed by atoms with Gasteiger partial charge in [-0.3, -0.25) is 25.0 Å². The Hall–Kier alpha value is -5.57. The molecule has 0 bridgehead atoms. The van der Waals surface area contributed by atoms with Crippen LogP contribution in [0.5, 0.6) is 11.5 Å². The number of nitrogens with one attached hydrogen (secondary N) is 1. The molecule has 3 rings (SSSR count). The lowest BCUT2D eigenvalue weighted by Gasteiger charge is -2.07. The number of benzene rings is 3. The van der Waals surface area contributed by atoms with E-state index < -0.39 is 33.1 Å². The maximum absolute atomic E-state index is 12.5. The van der Waals surface area contributed by atoms with Crippen LogP contribution in [0.2, 0.25) is 0 Å². The Morgan fingerprint density at radius 2 is 1.64 bits per heavy atom. The summed E-state index contributed by atoms with van der Waals surface area (Å²) in [5.41, 5.74) is -0.0948. The van der Waals surface area contributed by atoms with Gasteiger partial charge < -0.3 is 14.8 Å². The summed E-state index contributed by atoms with van der Waals surface area (Å²) in [5, 5.41) is 34.1. The van der Waals surface area contributed by atoms with Crippen LogP contribution in [0.25, 0.3) is 6.08 Å². The Bertz CT molecular complexity index is 1410. The number of nitro groups is 2. The van der Waals surface area contributed by atoms with Gasteiger partial charge in [-0.05, 0) is 54.1 Å². The zero-order chi connectivity index (χ0) is 26.2. The van der Waals surface area contributed by atoms with Gasteiger partial charge in [-0.1, -0.05) is 12.1 Å². The van der Waals surface area contributed by atoms with Gasteiger partial charge in [0.1, 0.15) is 17.4 Å². The number of esters is 1. The highest BCUT2D eigenvalue weighted by molar-refractivity contribution is 6.09. The minimum absolute atomic E-state index is 0.191. The van der Waals surface area contributed by atoms with Gasteiger partial charge in [0.05, 0.1) is 28.6 Å². The van der Waals surface area contributed by atoms with Gasteiger partial charge in [0, 0.05) is 11.8 Å². The van der Waals surface area contributed by atoms with Gasteiger partial charge in [0.2, 0.25) is 5.75 Å². The second-order valence-electron chi connectivity index (χ2n) is 7.03. The van der Waals surface area contributed by atoms with Crippen LogP contribution in [0.3, 0.4) is 0 Å². The number of nitriles is 1. The molecule has 0 saturated heterocycles. The zero-order valence-electron chi connectivity index (χ0n) is 18.5. The monoisotopic (exact) mass is 488 g/mol. The maximum Gasteiger partial charge on any atom is 0.337 e. The van der Waals surface area contributed by atoms with Gasteiger partial charge >= 0.3 is 11.7 Å². The Morgan fingerprint density at radius 1 is 0.972 bits per heavy atom. The first kappa shape index (κ1) is 25.1. The third-order valence-corrected chi connectivity index (χ3v) is 4.70. The molecular weight excluding hydrogens is 472 g/mol. The molecule has 0 aliphatic rings. The number of carbonyl (C=O) groups is 2. The van der Waals surface area contributed by atoms with E-state index in [1.807, 2.05) is 6.07 Å². The van der Waals surface area contributed by atoms with Crippen LogP contribution in [0.4, 0.5) is 17.1 Å². The van der Waals surface area contributed by atoms with Crippen molar-refractivity contribution in [2.24, 2.45) is 0 Å². The average Bonchev–Trinajstić information content (AvgIpc) is 2.88. The number of amides is 1. The third-order valence-electron chi connectivity index (χ3n) is 4.70. The highest BCUT2D eigenvalue weighted by atomic mass is 16.6. The van der Waals surface area contributed by atoms with E-state index in [0.717, 1.165) is 18.2 Å². The number of carbonyl (C=O) groups excluding carboxylic acids is 2. The number of methoxy groups -OCH3 is 1. The van der Waals surface area contributed by atoms with Crippen molar-refractivity contribution in [2.75, 3.05) is 12.4 Å². The van der Waals surface area contributed by atoms with Crippen LogP contribution < -0.4 is 10.1 Å². The molecule has 0 aliphatic carbocycles. The van der Waals surface area contributed by atoms with Gasteiger partial charge in [-0.2, -0.15) is 5.26 Å². The molecule has 36 heavy (non-hydrogen) atoms. The van der Waals surface area contributed by atoms with Gasteiger partial charge in [-0.25, -0.2) is 4.79 Å². The predicted molar refractivity (Wildman–Crippen MR) is 126 cm³/mol. The summed E-state index contributed by atoms with van der Waals surface area (Å²) in [5.74, 6) is -1.20. The third kappa shape index (κ3) is 6.06. The molecule has 180 valence electrons. The minimum atomic E-state index is -0.791. The average molecular weight is 488 g/mol. The first-order valence-electron chi connectivity index (χ1n) is 10.0. The second-order valence-corrected chi connectivity index (χ2v) is 7.03. The Morgan fingerprint density at radius 3 is 2.19 bits per heavy atom. The topological polar surface area (TPSA) is 175 Å². The van der Waals surface area contributed by atoms with Crippen LogP contribution >= 0.6 is 0 Å². The molecule has 0 radical (unpaired) electrons. The second kappa shape index (κ2) is 11.0. The molecule has 3 aromatic carbocycles. The van der Waals surface area contributed by atoms with Crippen LogP contribution in [0.1, 0.15) is 15.9 Å². The van der Waals surface area contributed by atoms with Gasteiger partial charge in [0.25, 0.3) is 11.6 Å². The molecule has 0 atom stereocenters. The van der Waals surface area contributed by atoms with Crippen LogP contribution in [0.15, 0.2) is 72.3 Å². The molecule has 12 heteroatoms. The number of nitrogens with zero attached hydrogens (tertiary/aromatic N) is 3. The van der Waals surface area contributed by atoms with E-state index in [1.54, 1.807) is 0 Å². The summed E-state index contributed by atoms with van der Waals surface area (Å²) in [6.45, 7) is 0. The number of rotatable bonds is 8. The standard InChI is InChI=1S/C24H16N4O8/c1-35-24(30)16-4-6-18(7-5-16)26-23(29)17(14-25)12-15-2-9-20(10-3-15)36-22-11-8-19(27(31)32)13-21(22)28(33)34/h2-13H,1H3,(H,26,29)/b17-12+. The quantitative estimate of drug-likeness (QED) is 0.156. The van der Waals surface area contributed by atoms with Crippen molar-refractivity contribution < 1.29 is 28.9 Å². The summed E-state index contributed by atoms with van der Waals surface area (Å²) in [4.78, 5) is 44.5. The lowest BCUT2D eigenvalue weighted by Crippen LogP contribution is -2.13. The largest absolute Gasteiger partial charge is 0.465 e. The van der Waals surface area contributed by atoms with Crippen LogP contribution in [-0.2, 0) is 9.53 Å². The van der Waals surface area contributed by atoms with Crippen molar-refractivity contribution in [1.82, 2.24) is 0 Å². The van der Waals surface area contributed by atoms with E-state index in [0.29, 0.717) is 16.8 Å². The predicted octanol–water partition coefficient (Wildman–Crippen LogP) is 4.63. The molecular formula is C24H16N4O8. The number of anilines is 1. The summed E-state index contributed by atoms with van der Waals surface area (Å²) >= 11 is 0. The normalized spacial score (nSPS) is 10.6. The molecule has 0 fully saturated rings. The van der Waals surface area contributed by atoms with Crippen molar-refractivity contribution in [1.29, 1.82) is 5.26 Å². The number of ether oxygens (including phenoxy) is 2. The first-order valence-corrected chi connectivity index (χ1v) is 10.0. The summed E-state index contributed by atoms with van der Waals surface area (Å²) in [6.07, 6.45) is 1.33. The lowest BCUT2D eigenvalue weighted by molar-refractivity contribution is -0.394. The Labute approximate surface area is 203 Å². The molecule has 1 N–H and O–H groups in total. The van der Waals surface area contributed by atoms with Gasteiger partial charge in [0.15, 0.2) is 0 Å². The van der Waals surface area contributed by atoms with Crippen molar-refractivity contribution in [3.8, 4) is 17.6 Å². The van der Waals surface area contributed by atoms with E-state index in [1.165, 1.54) is 61.7 Å². The van der Waals surface area contributed by atoms with E-state index in [2.05, 4.69) is 10.1 Å². The lowest BCUT2D eigenvalue weighted by atomic mass is 10.1. The fourth-order valence-electron chi connectivity index (χ4n) is 2.93. The molecule has 0 aromatic heterocycles. The molecule has 0 aliphatic heterocycles. The van der Waals surface area contributed by atoms with Crippen molar-refractivity contribution in [3.63, 3.8) is 0 Å². The SMILES string of the molecule is COC(=O)c1ccc(NC(=O)/C(C#N)=C/c2ccc(Oc3ccc([N+](=O)[O-])cc3[N+](=O)[O-])cc2)cc1. The van der Waals surface area contributed by atoms with E-state index in [4.69, 9.17) is 4.74 Å². The highest BCUT2D eigenvalue weighted by Crippen LogP contribution is 2.34. The molecule has 1 amide bonds. The Balaban J connectivity index is 1.73. The zero-order valence-corrected chi connectivity index (χ0v) is 18.5. The molecule has 0 saturated carbocycles. The number of hydrogen-bond acceptors (Lipinski definition) is 9. The van der Waals surface area contributed by atoms with Crippen molar-refractivity contribution in [2.45, 2.75) is 0 Å². The fraction of sp³-hybridized carbons (Fsp3) is 0.0417. The molecule has 0 spiro atoms. The molecule has 0 heterocycles. The Kier molecular flexibility index (Phi) is 7.68. The minimum Gasteiger partial charge on any atom is -0.465 e. The number of nitro benzene ring substituents is 2. The number of non-ortho nitro benzene ring substituents is 1. The fourth-order valence-corrected chi connectivity index (χ4v) is 2.93. The number of hydrogen-bond donors (Lipinski definition) is 1. The van der Waals surface area contributed by atoms with E-state index >= 15 is 0 Å². The highest BCUT2D eigenvalue weighted by Gasteiger charge is 2.21. The maximum atomic E-state index is 12.5. The molecule has 12 nitrogen and oxygen atoms in total.